The number of rotatable bonds is 3. The highest BCUT2D eigenvalue weighted by Crippen LogP contribution is 2.43. The second kappa shape index (κ2) is 6.21. The molecule has 0 aliphatic heterocycles. The molecule has 0 N–H and O–H groups in total. The van der Waals surface area contributed by atoms with E-state index in [1.54, 1.807) is 7.11 Å². The van der Waals surface area contributed by atoms with Crippen LogP contribution >= 0.6 is 0 Å². The monoisotopic (exact) mass is 310 g/mol. The Kier molecular flexibility index (Phi) is 3.76. The largest absolute Gasteiger partial charge is 0.497 e. The zero-order valence-corrected chi connectivity index (χ0v) is 13.6. The van der Waals surface area contributed by atoms with Crippen molar-refractivity contribution in [2.24, 2.45) is 0 Å². The second-order valence-electron chi connectivity index (χ2n) is 5.85. The van der Waals surface area contributed by atoms with Crippen molar-refractivity contribution in [2.75, 3.05) is 7.11 Å². The van der Waals surface area contributed by atoms with Crippen molar-refractivity contribution < 1.29 is 4.74 Å². The lowest BCUT2D eigenvalue weighted by atomic mass is 9.95. The van der Waals surface area contributed by atoms with E-state index >= 15 is 0 Å². The Hall–Kier alpha value is -3.06. The Labute approximate surface area is 142 Å². The number of benzene rings is 3. The molecule has 0 unspecified atom stereocenters. The molecular formula is C23H18O. The highest BCUT2D eigenvalue weighted by atomic mass is 16.5. The number of hydrogen-bond donors (Lipinski definition) is 0. The predicted molar refractivity (Wildman–Crippen MR) is 102 cm³/mol. The molecule has 1 aliphatic carbocycles. The van der Waals surface area contributed by atoms with Gasteiger partial charge in [0.2, 0.25) is 0 Å². The van der Waals surface area contributed by atoms with Crippen molar-refractivity contribution in [3.63, 3.8) is 0 Å². The summed E-state index contributed by atoms with van der Waals surface area (Å²) in [7, 11) is 1.71. The number of allylic oxidation sites excluding steroid dienone is 2. The molecule has 0 heterocycles. The molecule has 0 saturated carbocycles. The van der Waals surface area contributed by atoms with Crippen LogP contribution in [0.15, 0.2) is 78.9 Å². The fourth-order valence-electron chi connectivity index (χ4n) is 3.13. The van der Waals surface area contributed by atoms with Gasteiger partial charge in [-0.2, -0.15) is 0 Å². The first-order valence-electron chi connectivity index (χ1n) is 8.08. The summed E-state index contributed by atoms with van der Waals surface area (Å²) in [5.74, 6) is 0.885. The Morgan fingerprint density at radius 2 is 1.50 bits per heavy atom. The van der Waals surface area contributed by atoms with E-state index in [0.717, 1.165) is 5.75 Å². The summed E-state index contributed by atoms with van der Waals surface area (Å²) in [4.78, 5) is 0. The first-order valence-corrected chi connectivity index (χ1v) is 8.08. The summed E-state index contributed by atoms with van der Waals surface area (Å²) in [6, 6.07) is 27.3. The number of methoxy groups -OCH3 is 1. The molecule has 0 atom stereocenters. The van der Waals surface area contributed by atoms with Crippen LogP contribution in [0.25, 0.3) is 23.3 Å². The van der Waals surface area contributed by atoms with E-state index in [0.29, 0.717) is 0 Å². The van der Waals surface area contributed by atoms with Gasteiger partial charge in [-0.3, -0.25) is 0 Å². The minimum absolute atomic E-state index is 0.885. The molecule has 3 aromatic rings. The van der Waals surface area contributed by atoms with Crippen LogP contribution in [0.5, 0.6) is 5.75 Å². The molecule has 24 heavy (non-hydrogen) atoms. The summed E-state index contributed by atoms with van der Waals surface area (Å²) in [6.07, 6.45) is 4.52. The van der Waals surface area contributed by atoms with Crippen LogP contribution in [-0.2, 0) is 0 Å². The minimum Gasteiger partial charge on any atom is -0.497 e. The smallest absolute Gasteiger partial charge is 0.119 e. The maximum Gasteiger partial charge on any atom is 0.119 e. The highest BCUT2D eigenvalue weighted by Gasteiger charge is 2.20. The third-order valence-corrected chi connectivity index (χ3v) is 4.34. The predicted octanol–water partition coefficient (Wildman–Crippen LogP) is 5.79. The molecule has 0 saturated heterocycles. The first-order chi connectivity index (χ1) is 11.8. The molecule has 116 valence electrons. The van der Waals surface area contributed by atoms with Gasteiger partial charge >= 0.3 is 0 Å². The Morgan fingerprint density at radius 1 is 0.792 bits per heavy atom. The fraction of sp³-hybridized carbons (Fsp3) is 0.0435. The molecule has 0 spiro atoms. The van der Waals surface area contributed by atoms with Crippen LogP contribution in [0.3, 0.4) is 0 Å². The van der Waals surface area contributed by atoms with Gasteiger partial charge in [-0.25, -0.2) is 0 Å². The van der Waals surface area contributed by atoms with Crippen molar-refractivity contribution in [1.82, 2.24) is 0 Å². The van der Waals surface area contributed by atoms with Crippen molar-refractivity contribution in [3.8, 4) is 5.75 Å². The number of fused-ring (bicyclic) bond motifs is 1. The van der Waals surface area contributed by atoms with Crippen LogP contribution < -0.4 is 4.74 Å². The molecule has 1 nitrogen and oxygen atoms in total. The SMILES string of the molecule is COc1ccc2c(c1)/C(=C\c1ccccc1)C(c1ccccc1)=C2. The van der Waals surface area contributed by atoms with Crippen molar-refractivity contribution in [2.45, 2.75) is 0 Å². The molecule has 0 amide bonds. The molecule has 1 heteroatoms. The molecule has 0 bridgehead atoms. The molecule has 0 radical (unpaired) electrons. The molecular weight excluding hydrogens is 292 g/mol. The van der Waals surface area contributed by atoms with E-state index in [4.69, 9.17) is 4.74 Å². The van der Waals surface area contributed by atoms with Crippen LogP contribution in [-0.4, -0.2) is 7.11 Å². The lowest BCUT2D eigenvalue weighted by Gasteiger charge is -2.10. The van der Waals surface area contributed by atoms with Crippen LogP contribution in [0.1, 0.15) is 22.3 Å². The zero-order valence-electron chi connectivity index (χ0n) is 13.6. The topological polar surface area (TPSA) is 9.23 Å². The second-order valence-corrected chi connectivity index (χ2v) is 5.85. The average molecular weight is 310 g/mol. The van der Waals surface area contributed by atoms with Crippen LogP contribution in [0, 0.1) is 0 Å². The van der Waals surface area contributed by atoms with Crippen LogP contribution in [0.4, 0.5) is 0 Å². The number of ether oxygens (including phenoxy) is 1. The summed E-state index contributed by atoms with van der Waals surface area (Å²) in [5, 5.41) is 0. The quantitative estimate of drug-likeness (QED) is 0.595. The summed E-state index contributed by atoms with van der Waals surface area (Å²) in [5.41, 5.74) is 7.37. The Bertz CT molecular complexity index is 919. The van der Waals surface area contributed by atoms with Crippen molar-refractivity contribution in [1.29, 1.82) is 0 Å². The van der Waals surface area contributed by atoms with E-state index in [1.807, 2.05) is 12.1 Å². The standard InChI is InChI=1S/C23H18O/c1-24-20-13-12-19-15-21(18-10-6-3-7-11-18)23(22(19)16-20)14-17-8-4-2-5-9-17/h2-16H,1H3/b23-14-. The van der Waals surface area contributed by atoms with Gasteiger partial charge in [0, 0.05) is 0 Å². The lowest BCUT2D eigenvalue weighted by Crippen LogP contribution is -1.89. The van der Waals surface area contributed by atoms with Gasteiger partial charge in [-0.1, -0.05) is 66.7 Å². The highest BCUT2D eigenvalue weighted by molar-refractivity contribution is 6.21. The minimum atomic E-state index is 0.885. The van der Waals surface area contributed by atoms with Crippen molar-refractivity contribution in [3.05, 3.63) is 101 Å². The molecule has 4 rings (SSSR count). The summed E-state index contributed by atoms with van der Waals surface area (Å²) >= 11 is 0. The zero-order chi connectivity index (χ0) is 16.4. The normalized spacial score (nSPS) is 14.4. The lowest BCUT2D eigenvalue weighted by molar-refractivity contribution is 0.414. The van der Waals surface area contributed by atoms with Crippen LogP contribution in [0.2, 0.25) is 0 Å². The maximum atomic E-state index is 5.43. The first kappa shape index (κ1) is 14.5. The van der Waals surface area contributed by atoms with Gasteiger partial charge in [0.1, 0.15) is 5.75 Å². The van der Waals surface area contributed by atoms with E-state index in [1.165, 1.54) is 33.4 Å². The Balaban J connectivity index is 1.89. The summed E-state index contributed by atoms with van der Waals surface area (Å²) < 4.78 is 5.43. The van der Waals surface area contributed by atoms with E-state index in [9.17, 15) is 0 Å². The van der Waals surface area contributed by atoms with Crippen molar-refractivity contribution >= 4 is 23.3 Å². The number of hydrogen-bond acceptors (Lipinski definition) is 1. The van der Waals surface area contributed by atoms with E-state index in [2.05, 4.69) is 78.9 Å². The van der Waals surface area contributed by atoms with Gasteiger partial charge in [-0.05, 0) is 57.7 Å². The van der Waals surface area contributed by atoms with Gasteiger partial charge in [0.15, 0.2) is 0 Å². The van der Waals surface area contributed by atoms with E-state index < -0.39 is 0 Å². The third kappa shape index (κ3) is 2.65. The summed E-state index contributed by atoms with van der Waals surface area (Å²) in [6.45, 7) is 0. The van der Waals surface area contributed by atoms with E-state index in [-0.39, 0.29) is 0 Å². The maximum absolute atomic E-state index is 5.43. The van der Waals surface area contributed by atoms with Gasteiger partial charge in [0.25, 0.3) is 0 Å². The molecule has 0 fully saturated rings. The fourth-order valence-corrected chi connectivity index (χ4v) is 3.13. The third-order valence-electron chi connectivity index (χ3n) is 4.34. The molecule has 0 aromatic heterocycles. The molecule has 3 aromatic carbocycles. The van der Waals surface area contributed by atoms with Gasteiger partial charge < -0.3 is 4.74 Å². The molecule has 1 aliphatic rings. The van der Waals surface area contributed by atoms with Gasteiger partial charge in [0.05, 0.1) is 7.11 Å². The Morgan fingerprint density at radius 3 is 2.21 bits per heavy atom. The average Bonchev–Trinajstić information content (AvgIpc) is 3.01. The van der Waals surface area contributed by atoms with Gasteiger partial charge in [-0.15, -0.1) is 0 Å².